The Morgan fingerprint density at radius 2 is 1.77 bits per heavy atom. The highest BCUT2D eigenvalue weighted by molar-refractivity contribution is 5.52. The van der Waals surface area contributed by atoms with Crippen LogP contribution in [0.25, 0.3) is 0 Å². The molecule has 2 aromatic carbocycles. The molecule has 0 aliphatic carbocycles. The zero-order chi connectivity index (χ0) is 16.1. The Bertz CT molecular complexity index is 639. The van der Waals surface area contributed by atoms with Crippen LogP contribution in [0.4, 0.5) is 0 Å². The molecule has 0 aliphatic heterocycles. The zero-order valence-electron chi connectivity index (χ0n) is 12.9. The maximum atomic E-state index is 9.80. The summed E-state index contributed by atoms with van der Waals surface area (Å²) in [5.41, 5.74) is 1.76. The molecule has 1 atom stereocenters. The van der Waals surface area contributed by atoms with Crippen molar-refractivity contribution in [3.05, 3.63) is 47.5 Å². The van der Waals surface area contributed by atoms with Gasteiger partial charge in [0.1, 0.15) is 5.75 Å². The fourth-order valence-electron chi connectivity index (χ4n) is 2.31. The average Bonchev–Trinajstić information content (AvgIpc) is 2.55. The van der Waals surface area contributed by atoms with E-state index >= 15 is 0 Å². The first kappa shape index (κ1) is 16.0. The molecular weight excluding hydrogens is 284 g/mol. The highest BCUT2D eigenvalue weighted by Gasteiger charge is 2.17. The van der Waals surface area contributed by atoms with E-state index in [0.717, 1.165) is 16.9 Å². The summed E-state index contributed by atoms with van der Waals surface area (Å²) in [6, 6.07) is 10.8. The second-order valence-electron chi connectivity index (χ2n) is 4.87. The predicted octanol–water partition coefficient (Wildman–Crippen LogP) is 3.05. The molecule has 0 spiro atoms. The lowest BCUT2D eigenvalue weighted by Crippen LogP contribution is -2.06. The molecule has 0 aliphatic rings. The number of rotatable bonds is 6. The Kier molecular flexibility index (Phi) is 5.12. The van der Waals surface area contributed by atoms with Crippen molar-refractivity contribution in [2.45, 2.75) is 12.5 Å². The van der Waals surface area contributed by atoms with Crippen molar-refractivity contribution in [3.8, 4) is 23.0 Å². The summed E-state index contributed by atoms with van der Waals surface area (Å²) in [4.78, 5) is 0. The summed E-state index contributed by atoms with van der Waals surface area (Å²) < 4.78 is 15.8. The fraction of sp³-hybridized carbons (Fsp3) is 0.294. The van der Waals surface area contributed by atoms with Crippen LogP contribution in [0.3, 0.4) is 0 Å². The van der Waals surface area contributed by atoms with E-state index in [4.69, 9.17) is 14.2 Å². The zero-order valence-corrected chi connectivity index (χ0v) is 12.9. The second kappa shape index (κ2) is 7.04. The molecule has 0 saturated carbocycles. The first-order valence-corrected chi connectivity index (χ1v) is 6.84. The largest absolute Gasteiger partial charge is 0.504 e. The van der Waals surface area contributed by atoms with Gasteiger partial charge in [-0.1, -0.05) is 12.1 Å². The number of aromatic hydroxyl groups is 2. The summed E-state index contributed by atoms with van der Waals surface area (Å²) >= 11 is 0. The van der Waals surface area contributed by atoms with Gasteiger partial charge in [0, 0.05) is 13.5 Å². The van der Waals surface area contributed by atoms with Crippen molar-refractivity contribution in [2.24, 2.45) is 0 Å². The summed E-state index contributed by atoms with van der Waals surface area (Å²) in [6.07, 6.45) is 0.314. The van der Waals surface area contributed by atoms with E-state index in [2.05, 4.69) is 0 Å². The van der Waals surface area contributed by atoms with Crippen LogP contribution in [0.2, 0.25) is 0 Å². The number of phenolic OH excluding ortho intramolecular Hbond substituents is 2. The van der Waals surface area contributed by atoms with E-state index in [9.17, 15) is 10.2 Å². The van der Waals surface area contributed by atoms with Crippen LogP contribution < -0.4 is 9.47 Å². The Labute approximate surface area is 129 Å². The topological polar surface area (TPSA) is 68.2 Å². The molecule has 0 aromatic heterocycles. The Balaban J connectivity index is 2.30. The molecule has 2 N–H and O–H groups in total. The van der Waals surface area contributed by atoms with Crippen molar-refractivity contribution < 1.29 is 24.4 Å². The third-order valence-electron chi connectivity index (χ3n) is 3.51. The molecule has 5 nitrogen and oxygen atoms in total. The summed E-state index contributed by atoms with van der Waals surface area (Å²) in [5.74, 6) is 0.478. The van der Waals surface area contributed by atoms with E-state index < -0.39 is 0 Å². The molecule has 1 unspecified atom stereocenters. The first-order chi connectivity index (χ1) is 10.6. The number of ether oxygens (including phenoxy) is 3. The second-order valence-corrected chi connectivity index (χ2v) is 4.87. The summed E-state index contributed by atoms with van der Waals surface area (Å²) in [7, 11) is 4.65. The highest BCUT2D eigenvalue weighted by atomic mass is 16.5. The van der Waals surface area contributed by atoms with Crippen molar-refractivity contribution >= 4 is 0 Å². The molecule has 0 amide bonds. The van der Waals surface area contributed by atoms with Gasteiger partial charge in [-0.25, -0.2) is 0 Å². The van der Waals surface area contributed by atoms with Crippen LogP contribution in [-0.2, 0) is 11.2 Å². The standard InChI is InChI=1S/C17H20O5/c1-20-13-6-4-5-11(7-13)8-15(21-2)12-9-14(18)17(19)16(10-12)22-3/h4-7,9-10,15,18-19H,8H2,1-3H3. The number of benzene rings is 2. The highest BCUT2D eigenvalue weighted by Crippen LogP contribution is 2.39. The molecule has 22 heavy (non-hydrogen) atoms. The maximum Gasteiger partial charge on any atom is 0.200 e. The van der Waals surface area contributed by atoms with Gasteiger partial charge in [-0.2, -0.15) is 0 Å². The van der Waals surface area contributed by atoms with Crippen molar-refractivity contribution in [1.29, 1.82) is 0 Å². The van der Waals surface area contributed by atoms with Gasteiger partial charge in [-0.05, 0) is 35.4 Å². The van der Waals surface area contributed by atoms with Gasteiger partial charge >= 0.3 is 0 Å². The molecule has 5 heteroatoms. The molecule has 118 valence electrons. The van der Waals surface area contributed by atoms with Gasteiger partial charge < -0.3 is 24.4 Å². The van der Waals surface area contributed by atoms with Gasteiger partial charge in [0.15, 0.2) is 11.5 Å². The van der Waals surface area contributed by atoms with Crippen LogP contribution >= 0.6 is 0 Å². The van der Waals surface area contributed by atoms with E-state index in [1.165, 1.54) is 13.2 Å². The molecule has 0 fully saturated rings. The average molecular weight is 304 g/mol. The normalized spacial score (nSPS) is 12.0. The van der Waals surface area contributed by atoms with E-state index in [0.29, 0.717) is 6.42 Å². The molecule has 0 bridgehead atoms. The maximum absolute atomic E-state index is 9.80. The van der Waals surface area contributed by atoms with Crippen molar-refractivity contribution in [1.82, 2.24) is 0 Å². The minimum absolute atomic E-state index is 0.211. The minimum Gasteiger partial charge on any atom is -0.504 e. The number of hydrogen-bond acceptors (Lipinski definition) is 5. The predicted molar refractivity (Wildman–Crippen MR) is 82.8 cm³/mol. The van der Waals surface area contributed by atoms with E-state index in [1.54, 1.807) is 20.3 Å². The monoisotopic (exact) mass is 304 g/mol. The lowest BCUT2D eigenvalue weighted by molar-refractivity contribution is 0.103. The SMILES string of the molecule is COc1cccc(CC(OC)c2cc(O)c(O)c(OC)c2)c1. The third-order valence-corrected chi connectivity index (χ3v) is 3.51. The van der Waals surface area contributed by atoms with Gasteiger partial charge in [-0.15, -0.1) is 0 Å². The summed E-state index contributed by atoms with van der Waals surface area (Å²) in [6.45, 7) is 0. The van der Waals surface area contributed by atoms with Gasteiger partial charge in [0.2, 0.25) is 5.75 Å². The van der Waals surface area contributed by atoms with Crippen LogP contribution in [0.1, 0.15) is 17.2 Å². The molecule has 0 radical (unpaired) electrons. The van der Waals surface area contributed by atoms with Gasteiger partial charge in [-0.3, -0.25) is 0 Å². The minimum atomic E-state index is -0.285. The number of methoxy groups -OCH3 is 3. The molecular formula is C17H20O5. The van der Waals surface area contributed by atoms with E-state index in [-0.39, 0.29) is 23.4 Å². The van der Waals surface area contributed by atoms with Crippen molar-refractivity contribution in [3.63, 3.8) is 0 Å². The van der Waals surface area contributed by atoms with Crippen LogP contribution in [0.5, 0.6) is 23.0 Å². The van der Waals surface area contributed by atoms with Gasteiger partial charge in [0.25, 0.3) is 0 Å². The third kappa shape index (κ3) is 3.43. The first-order valence-electron chi connectivity index (χ1n) is 6.84. The Hall–Kier alpha value is -2.40. The quantitative estimate of drug-likeness (QED) is 0.803. The van der Waals surface area contributed by atoms with Crippen LogP contribution in [-0.4, -0.2) is 31.5 Å². The van der Waals surface area contributed by atoms with Crippen molar-refractivity contribution in [2.75, 3.05) is 21.3 Å². The van der Waals surface area contributed by atoms with Crippen LogP contribution in [0, 0.1) is 0 Å². The van der Waals surface area contributed by atoms with E-state index in [1.807, 2.05) is 24.3 Å². The Morgan fingerprint density at radius 1 is 1.00 bits per heavy atom. The Morgan fingerprint density at radius 3 is 2.41 bits per heavy atom. The smallest absolute Gasteiger partial charge is 0.200 e. The lowest BCUT2D eigenvalue weighted by Gasteiger charge is -2.18. The molecule has 2 rings (SSSR count). The molecule has 2 aromatic rings. The number of hydrogen-bond donors (Lipinski definition) is 2. The van der Waals surface area contributed by atoms with Crippen LogP contribution in [0.15, 0.2) is 36.4 Å². The van der Waals surface area contributed by atoms with Gasteiger partial charge in [0.05, 0.1) is 20.3 Å². The molecule has 0 saturated heterocycles. The fourth-order valence-corrected chi connectivity index (χ4v) is 2.31. The number of phenols is 2. The lowest BCUT2D eigenvalue weighted by atomic mass is 10.00. The molecule has 0 heterocycles. The summed E-state index contributed by atoms with van der Waals surface area (Å²) in [5, 5.41) is 19.5.